The number of hydrogen-bond donors (Lipinski definition) is 1. The van der Waals surface area contributed by atoms with Crippen LogP contribution in [0, 0.1) is 6.92 Å². The maximum atomic E-state index is 12.9. The minimum atomic E-state index is -0.0776. The highest BCUT2D eigenvalue weighted by Gasteiger charge is 2.30. The number of piperazine rings is 1. The molecule has 4 rings (SSSR count). The number of benzene rings is 2. The summed E-state index contributed by atoms with van der Waals surface area (Å²) in [5.41, 5.74) is 2.81. The third kappa shape index (κ3) is 5.26. The van der Waals surface area contributed by atoms with Crippen molar-refractivity contribution < 1.29 is 13.9 Å². The number of methoxy groups -OCH3 is 1. The molecule has 1 N–H and O–H groups in total. The van der Waals surface area contributed by atoms with Gasteiger partial charge in [-0.1, -0.05) is 36.2 Å². The quantitative estimate of drug-likeness (QED) is 0.462. The lowest BCUT2D eigenvalue weighted by molar-refractivity contribution is 0.163. The van der Waals surface area contributed by atoms with E-state index in [1.807, 2.05) is 30.0 Å². The number of aryl methyl sites for hydroxylation is 1. The van der Waals surface area contributed by atoms with Gasteiger partial charge in [0.2, 0.25) is 0 Å². The molecular weight excluding hydrogens is 475 g/mol. The Morgan fingerprint density at radius 1 is 1.21 bits per heavy atom. The molecule has 0 aliphatic carbocycles. The van der Waals surface area contributed by atoms with Gasteiger partial charge in [0.05, 0.1) is 35.0 Å². The first-order chi connectivity index (χ1) is 16.4. The first-order valence-electron chi connectivity index (χ1n) is 11.2. The zero-order valence-corrected chi connectivity index (χ0v) is 21.0. The average molecular weight is 503 g/mol. The molecule has 7 nitrogen and oxygen atoms in total. The first kappa shape index (κ1) is 24.2. The molecular formula is C25H28Cl2N4O3. The van der Waals surface area contributed by atoms with Gasteiger partial charge in [0.25, 0.3) is 0 Å². The molecule has 9 heteroatoms. The Bertz CT molecular complexity index is 1170. The molecule has 1 saturated heterocycles. The van der Waals surface area contributed by atoms with Crippen LogP contribution in [0.4, 0.5) is 10.5 Å². The number of nitrogens with one attached hydrogen (secondary N) is 1. The molecule has 2 aromatic carbocycles. The molecule has 0 bridgehead atoms. The van der Waals surface area contributed by atoms with E-state index in [9.17, 15) is 4.79 Å². The zero-order valence-electron chi connectivity index (χ0n) is 19.5. The van der Waals surface area contributed by atoms with E-state index in [0.29, 0.717) is 34.8 Å². The Labute approximate surface area is 209 Å². The predicted molar refractivity (Wildman–Crippen MR) is 135 cm³/mol. The fourth-order valence-electron chi connectivity index (χ4n) is 4.20. The molecule has 1 fully saturated rings. The van der Waals surface area contributed by atoms with Crippen LogP contribution in [-0.4, -0.2) is 48.7 Å². The number of oxazole rings is 1. The number of carbonyl (C=O) groups excluding carboxylic acids is 1. The molecule has 1 aliphatic rings. The van der Waals surface area contributed by atoms with Crippen molar-refractivity contribution >= 4 is 34.9 Å². The summed E-state index contributed by atoms with van der Waals surface area (Å²) < 4.78 is 11.3. The van der Waals surface area contributed by atoms with Crippen molar-refractivity contribution in [2.45, 2.75) is 32.9 Å². The summed E-state index contributed by atoms with van der Waals surface area (Å²) in [7, 11) is 1.65. The van der Waals surface area contributed by atoms with E-state index in [4.69, 9.17) is 32.4 Å². The molecule has 1 unspecified atom stereocenters. The highest BCUT2D eigenvalue weighted by Crippen LogP contribution is 2.35. The first-order valence-corrected chi connectivity index (χ1v) is 12.0. The van der Waals surface area contributed by atoms with Crippen LogP contribution >= 0.6 is 23.2 Å². The van der Waals surface area contributed by atoms with Crippen molar-refractivity contribution in [3.8, 4) is 17.1 Å². The number of aromatic nitrogens is 1. The maximum Gasteiger partial charge on any atom is 0.318 e. The largest absolute Gasteiger partial charge is 0.496 e. The van der Waals surface area contributed by atoms with Crippen molar-refractivity contribution in [3.05, 3.63) is 64.1 Å². The van der Waals surface area contributed by atoms with Gasteiger partial charge in [0, 0.05) is 44.9 Å². The van der Waals surface area contributed by atoms with Crippen molar-refractivity contribution in [2.75, 3.05) is 31.6 Å². The minimum absolute atomic E-state index is 0.0776. The van der Waals surface area contributed by atoms with Gasteiger partial charge in [-0.25, -0.2) is 9.78 Å². The zero-order chi connectivity index (χ0) is 24.2. The van der Waals surface area contributed by atoms with Crippen LogP contribution in [0.1, 0.15) is 24.8 Å². The van der Waals surface area contributed by atoms with Crippen molar-refractivity contribution in [3.63, 3.8) is 0 Å². The number of carbonyl (C=O) groups is 1. The Kier molecular flexibility index (Phi) is 7.54. The second kappa shape index (κ2) is 10.6. The summed E-state index contributed by atoms with van der Waals surface area (Å²) in [4.78, 5) is 21.3. The van der Waals surface area contributed by atoms with E-state index >= 15 is 0 Å². The summed E-state index contributed by atoms with van der Waals surface area (Å²) in [6.07, 6.45) is 2.55. The molecule has 34 heavy (non-hydrogen) atoms. The number of amides is 2. The van der Waals surface area contributed by atoms with E-state index in [0.717, 1.165) is 42.1 Å². The van der Waals surface area contributed by atoms with Gasteiger partial charge in [-0.05, 0) is 36.2 Å². The third-order valence-electron chi connectivity index (χ3n) is 6.08. The number of ether oxygens (including phenoxy) is 1. The van der Waals surface area contributed by atoms with Crippen LogP contribution in [0.2, 0.25) is 10.0 Å². The number of rotatable bonds is 6. The van der Waals surface area contributed by atoms with Crippen molar-refractivity contribution in [1.82, 2.24) is 15.2 Å². The Morgan fingerprint density at radius 2 is 2.03 bits per heavy atom. The molecule has 1 aromatic heterocycles. The molecule has 2 heterocycles. The number of nitrogens with zero attached hydrogens (tertiary/aromatic N) is 3. The fourth-order valence-corrected chi connectivity index (χ4v) is 4.52. The molecule has 0 saturated carbocycles. The molecule has 180 valence electrons. The van der Waals surface area contributed by atoms with E-state index in [2.05, 4.69) is 28.2 Å². The lowest BCUT2D eigenvalue weighted by atomic mass is 10.1. The van der Waals surface area contributed by atoms with Gasteiger partial charge in [-0.3, -0.25) is 0 Å². The topological polar surface area (TPSA) is 70.8 Å². The van der Waals surface area contributed by atoms with Gasteiger partial charge >= 0.3 is 6.03 Å². The number of anilines is 1. The summed E-state index contributed by atoms with van der Waals surface area (Å²) >= 11 is 12.1. The maximum absolute atomic E-state index is 12.9. The fraction of sp³-hybridized carbons (Fsp3) is 0.360. The van der Waals surface area contributed by atoms with Crippen LogP contribution in [-0.2, 0) is 6.54 Å². The van der Waals surface area contributed by atoms with E-state index in [-0.39, 0.29) is 12.1 Å². The van der Waals surface area contributed by atoms with Gasteiger partial charge in [-0.15, -0.1) is 0 Å². The SMILES string of the molecule is CCC1CN(c2ccc(-c3cnc(C)o3)c(OC)c2)CCN1C(=O)NCc1ccc(Cl)c(Cl)c1. The lowest BCUT2D eigenvalue weighted by Crippen LogP contribution is -2.57. The van der Waals surface area contributed by atoms with Crippen LogP contribution < -0.4 is 15.0 Å². The Morgan fingerprint density at radius 3 is 2.71 bits per heavy atom. The molecule has 0 spiro atoms. The highest BCUT2D eigenvalue weighted by atomic mass is 35.5. The normalized spacial score (nSPS) is 16.0. The standard InChI is InChI=1S/C25H28Cl2N4O3/c1-4-18-15-30(19-6-7-20(23(12-19)33-3)24-14-28-16(2)34-24)9-10-31(18)25(32)29-13-17-5-8-21(26)22(27)11-17/h5-8,11-12,14,18H,4,9-10,13,15H2,1-3H3,(H,29,32). The van der Waals surface area contributed by atoms with Crippen LogP contribution in [0.15, 0.2) is 47.0 Å². The van der Waals surface area contributed by atoms with Gasteiger partial charge < -0.3 is 24.3 Å². The molecule has 0 radical (unpaired) electrons. The smallest absolute Gasteiger partial charge is 0.318 e. The number of halogens is 2. The third-order valence-corrected chi connectivity index (χ3v) is 6.82. The molecule has 2 amide bonds. The lowest BCUT2D eigenvalue weighted by Gasteiger charge is -2.42. The van der Waals surface area contributed by atoms with E-state index < -0.39 is 0 Å². The summed E-state index contributed by atoms with van der Waals surface area (Å²) in [6.45, 7) is 6.39. The van der Waals surface area contributed by atoms with Crippen LogP contribution in [0.3, 0.4) is 0 Å². The van der Waals surface area contributed by atoms with Gasteiger partial charge in [0.15, 0.2) is 11.7 Å². The Hall–Kier alpha value is -2.90. The minimum Gasteiger partial charge on any atom is -0.496 e. The van der Waals surface area contributed by atoms with Crippen molar-refractivity contribution in [2.24, 2.45) is 0 Å². The Balaban J connectivity index is 1.42. The van der Waals surface area contributed by atoms with E-state index in [1.54, 1.807) is 25.4 Å². The monoisotopic (exact) mass is 502 g/mol. The number of hydrogen-bond acceptors (Lipinski definition) is 5. The second-order valence-corrected chi connectivity index (χ2v) is 9.05. The molecule has 1 atom stereocenters. The van der Waals surface area contributed by atoms with Gasteiger partial charge in [0.1, 0.15) is 5.75 Å². The van der Waals surface area contributed by atoms with Gasteiger partial charge in [-0.2, -0.15) is 0 Å². The predicted octanol–water partition coefficient (Wildman–Crippen LogP) is 5.78. The second-order valence-electron chi connectivity index (χ2n) is 8.24. The van der Waals surface area contributed by atoms with Crippen LogP contribution in [0.5, 0.6) is 5.75 Å². The van der Waals surface area contributed by atoms with Crippen molar-refractivity contribution in [1.29, 1.82) is 0 Å². The van der Waals surface area contributed by atoms with E-state index in [1.165, 1.54) is 0 Å². The molecule has 3 aromatic rings. The van der Waals surface area contributed by atoms with Crippen LogP contribution in [0.25, 0.3) is 11.3 Å². The summed E-state index contributed by atoms with van der Waals surface area (Å²) in [5.74, 6) is 2.01. The molecule has 1 aliphatic heterocycles. The summed E-state index contributed by atoms with van der Waals surface area (Å²) in [5, 5.41) is 3.99. The highest BCUT2D eigenvalue weighted by molar-refractivity contribution is 6.42. The average Bonchev–Trinajstić information content (AvgIpc) is 3.29. The number of urea groups is 1. The summed E-state index contributed by atoms with van der Waals surface area (Å²) in [6, 6.07) is 11.4.